The van der Waals surface area contributed by atoms with Crippen molar-refractivity contribution >= 4 is 11.9 Å². The van der Waals surface area contributed by atoms with Gasteiger partial charge in [-0.1, -0.05) is 251 Å². The molecular weight excluding hydrogens is 657 g/mol. The molecule has 0 saturated heterocycles. The summed E-state index contributed by atoms with van der Waals surface area (Å²) in [7, 11) is 0. The standard InChI is InChI=1S/C48H94O5/c1-3-5-7-9-11-13-15-17-19-21-23-25-26-28-30-32-34-36-38-40-42-47(50)52-45-46(44-49)53-48(51)43-41-39-37-35-33-31-29-27-24-22-20-18-16-14-12-10-8-6-4-2/h46,49H,3-45H2,1-2H3/t46-/m0/s1. The average Bonchev–Trinajstić information content (AvgIpc) is 3.16. The molecule has 0 aromatic heterocycles. The van der Waals surface area contributed by atoms with E-state index in [1.807, 2.05) is 0 Å². The summed E-state index contributed by atoms with van der Waals surface area (Å²) < 4.78 is 10.7. The number of rotatable bonds is 45. The fourth-order valence-corrected chi connectivity index (χ4v) is 7.50. The second-order valence-electron chi connectivity index (χ2n) is 16.6. The van der Waals surface area contributed by atoms with Gasteiger partial charge in [0.15, 0.2) is 6.10 Å². The summed E-state index contributed by atoms with van der Waals surface area (Å²) in [5, 5.41) is 9.60. The molecule has 53 heavy (non-hydrogen) atoms. The molecule has 0 heterocycles. The van der Waals surface area contributed by atoms with Gasteiger partial charge in [-0.3, -0.25) is 9.59 Å². The van der Waals surface area contributed by atoms with Crippen molar-refractivity contribution in [2.45, 2.75) is 283 Å². The van der Waals surface area contributed by atoms with Crippen LogP contribution in [0, 0.1) is 0 Å². The lowest BCUT2D eigenvalue weighted by molar-refractivity contribution is -0.161. The van der Waals surface area contributed by atoms with Crippen LogP contribution in [0.1, 0.15) is 277 Å². The summed E-state index contributed by atoms with van der Waals surface area (Å²) in [6.07, 6.45) is 51.9. The first-order valence-electron chi connectivity index (χ1n) is 24.1. The zero-order chi connectivity index (χ0) is 38.6. The van der Waals surface area contributed by atoms with Crippen molar-refractivity contribution in [3.8, 4) is 0 Å². The minimum absolute atomic E-state index is 0.0561. The van der Waals surface area contributed by atoms with Crippen molar-refractivity contribution in [1.82, 2.24) is 0 Å². The van der Waals surface area contributed by atoms with Crippen molar-refractivity contribution < 1.29 is 24.2 Å². The number of unbranched alkanes of at least 4 members (excludes halogenated alkanes) is 37. The van der Waals surface area contributed by atoms with Gasteiger partial charge in [0.1, 0.15) is 6.61 Å². The van der Waals surface area contributed by atoms with Crippen molar-refractivity contribution in [3.63, 3.8) is 0 Å². The normalized spacial score (nSPS) is 12.0. The predicted octanol–water partition coefficient (Wildman–Crippen LogP) is 15.5. The van der Waals surface area contributed by atoms with E-state index in [0.717, 1.165) is 32.1 Å². The molecule has 0 amide bonds. The summed E-state index contributed by atoms with van der Waals surface area (Å²) in [6, 6.07) is 0. The van der Waals surface area contributed by atoms with E-state index >= 15 is 0 Å². The third-order valence-corrected chi connectivity index (χ3v) is 11.2. The highest BCUT2D eigenvalue weighted by Gasteiger charge is 2.16. The minimum Gasteiger partial charge on any atom is -0.462 e. The smallest absolute Gasteiger partial charge is 0.306 e. The molecule has 0 aromatic carbocycles. The van der Waals surface area contributed by atoms with E-state index in [4.69, 9.17) is 9.47 Å². The number of aliphatic hydroxyl groups is 1. The number of aliphatic hydroxyl groups excluding tert-OH is 1. The SMILES string of the molecule is CCCCCCCCCCCCCCCCCCCCCCC(=O)OC[C@H](CO)OC(=O)CCCCCCCCCCCCCCCCCCCCC. The lowest BCUT2D eigenvalue weighted by atomic mass is 10.0. The highest BCUT2D eigenvalue weighted by molar-refractivity contribution is 5.70. The second-order valence-corrected chi connectivity index (χ2v) is 16.6. The molecule has 0 spiro atoms. The Morgan fingerprint density at radius 1 is 0.358 bits per heavy atom. The van der Waals surface area contributed by atoms with Crippen LogP contribution in [-0.2, 0) is 19.1 Å². The maximum atomic E-state index is 12.2. The number of esters is 2. The van der Waals surface area contributed by atoms with Gasteiger partial charge in [0.25, 0.3) is 0 Å². The Balaban J connectivity index is 3.43. The molecule has 1 atom stereocenters. The first-order valence-corrected chi connectivity index (χ1v) is 24.1. The van der Waals surface area contributed by atoms with Crippen LogP contribution >= 0.6 is 0 Å². The molecule has 0 bridgehead atoms. The molecule has 0 aliphatic carbocycles. The zero-order valence-electron chi connectivity index (χ0n) is 36.1. The predicted molar refractivity (Wildman–Crippen MR) is 229 cm³/mol. The average molecular weight is 751 g/mol. The Morgan fingerprint density at radius 3 is 0.830 bits per heavy atom. The van der Waals surface area contributed by atoms with E-state index in [1.165, 1.54) is 218 Å². The van der Waals surface area contributed by atoms with Gasteiger partial charge < -0.3 is 14.6 Å². The molecule has 0 rings (SSSR count). The first-order chi connectivity index (χ1) is 26.1. The molecule has 0 fully saturated rings. The van der Waals surface area contributed by atoms with Crippen LogP contribution < -0.4 is 0 Å². The molecule has 0 radical (unpaired) electrons. The molecular formula is C48H94O5. The van der Waals surface area contributed by atoms with E-state index in [1.54, 1.807) is 0 Å². The fourth-order valence-electron chi connectivity index (χ4n) is 7.50. The highest BCUT2D eigenvalue weighted by atomic mass is 16.6. The number of carbonyl (C=O) groups is 2. The Bertz CT molecular complexity index is 725. The van der Waals surface area contributed by atoms with Gasteiger partial charge in [0.05, 0.1) is 6.61 Å². The van der Waals surface area contributed by atoms with E-state index in [0.29, 0.717) is 12.8 Å². The molecule has 0 saturated carbocycles. The van der Waals surface area contributed by atoms with Crippen molar-refractivity contribution in [1.29, 1.82) is 0 Å². The molecule has 0 aromatic rings. The summed E-state index contributed by atoms with van der Waals surface area (Å²) >= 11 is 0. The van der Waals surface area contributed by atoms with Crippen LogP contribution in [0.4, 0.5) is 0 Å². The van der Waals surface area contributed by atoms with Gasteiger partial charge in [-0.15, -0.1) is 0 Å². The largest absolute Gasteiger partial charge is 0.462 e. The molecule has 5 nitrogen and oxygen atoms in total. The Hall–Kier alpha value is -1.10. The Morgan fingerprint density at radius 2 is 0.585 bits per heavy atom. The van der Waals surface area contributed by atoms with Crippen molar-refractivity contribution in [2.24, 2.45) is 0 Å². The minimum atomic E-state index is -0.762. The van der Waals surface area contributed by atoms with Crippen LogP contribution in [0.5, 0.6) is 0 Å². The van der Waals surface area contributed by atoms with Crippen LogP contribution in [0.25, 0.3) is 0 Å². The van der Waals surface area contributed by atoms with Crippen LogP contribution in [0.3, 0.4) is 0 Å². The third kappa shape index (κ3) is 43.5. The number of hydrogen-bond donors (Lipinski definition) is 1. The number of ether oxygens (including phenoxy) is 2. The first kappa shape index (κ1) is 51.9. The number of carbonyl (C=O) groups excluding carboxylic acids is 2. The highest BCUT2D eigenvalue weighted by Crippen LogP contribution is 2.17. The maximum Gasteiger partial charge on any atom is 0.306 e. The van der Waals surface area contributed by atoms with Crippen LogP contribution in [0.15, 0.2) is 0 Å². The monoisotopic (exact) mass is 751 g/mol. The van der Waals surface area contributed by atoms with Gasteiger partial charge >= 0.3 is 11.9 Å². The van der Waals surface area contributed by atoms with Crippen LogP contribution in [0.2, 0.25) is 0 Å². The van der Waals surface area contributed by atoms with Gasteiger partial charge in [-0.2, -0.15) is 0 Å². The van der Waals surface area contributed by atoms with Crippen LogP contribution in [-0.4, -0.2) is 36.4 Å². The molecule has 0 aliphatic heterocycles. The van der Waals surface area contributed by atoms with Gasteiger partial charge in [0.2, 0.25) is 0 Å². The molecule has 316 valence electrons. The zero-order valence-corrected chi connectivity index (χ0v) is 36.1. The van der Waals surface area contributed by atoms with Gasteiger partial charge in [-0.05, 0) is 12.8 Å². The second kappa shape index (κ2) is 45.3. The van der Waals surface area contributed by atoms with Crippen molar-refractivity contribution in [2.75, 3.05) is 13.2 Å². The van der Waals surface area contributed by atoms with E-state index in [9.17, 15) is 14.7 Å². The number of hydrogen-bond acceptors (Lipinski definition) is 5. The lowest BCUT2D eigenvalue weighted by Gasteiger charge is -2.15. The maximum absolute atomic E-state index is 12.2. The summed E-state index contributed by atoms with van der Waals surface area (Å²) in [5.41, 5.74) is 0. The summed E-state index contributed by atoms with van der Waals surface area (Å²) in [6.45, 7) is 4.19. The molecule has 0 unspecified atom stereocenters. The van der Waals surface area contributed by atoms with E-state index in [2.05, 4.69) is 13.8 Å². The molecule has 0 aliphatic rings. The summed E-state index contributed by atoms with van der Waals surface area (Å²) in [5.74, 6) is -0.568. The molecule has 1 N–H and O–H groups in total. The van der Waals surface area contributed by atoms with E-state index < -0.39 is 6.10 Å². The Kier molecular flexibility index (Phi) is 44.4. The Labute approximate surface area is 331 Å². The molecule has 5 heteroatoms. The topological polar surface area (TPSA) is 72.8 Å². The fraction of sp³-hybridized carbons (Fsp3) is 0.958. The quantitative estimate of drug-likeness (QED) is 0.0495. The van der Waals surface area contributed by atoms with Crippen molar-refractivity contribution in [3.05, 3.63) is 0 Å². The van der Waals surface area contributed by atoms with Gasteiger partial charge in [0, 0.05) is 12.8 Å². The summed E-state index contributed by atoms with van der Waals surface area (Å²) in [4.78, 5) is 24.4. The lowest BCUT2D eigenvalue weighted by Crippen LogP contribution is -2.28. The third-order valence-electron chi connectivity index (χ3n) is 11.2. The van der Waals surface area contributed by atoms with E-state index in [-0.39, 0.29) is 25.2 Å². The van der Waals surface area contributed by atoms with Gasteiger partial charge in [-0.25, -0.2) is 0 Å².